The molecule has 0 N–H and O–H groups in total. The average molecular weight is 662 g/mol. The van der Waals surface area contributed by atoms with Gasteiger partial charge < -0.3 is 4.57 Å². The second kappa shape index (κ2) is 12.3. The summed E-state index contributed by atoms with van der Waals surface area (Å²) in [4.78, 5) is 0. The van der Waals surface area contributed by atoms with E-state index < -0.39 is 0 Å². The Hall–Kier alpha value is -6.70. The second-order valence-corrected chi connectivity index (χ2v) is 13.8. The van der Waals surface area contributed by atoms with Gasteiger partial charge in [0, 0.05) is 16.5 Å². The van der Waals surface area contributed by atoms with E-state index in [4.69, 9.17) is 0 Å². The van der Waals surface area contributed by atoms with Crippen molar-refractivity contribution >= 4 is 43.4 Å². The molecule has 52 heavy (non-hydrogen) atoms. The summed E-state index contributed by atoms with van der Waals surface area (Å²) in [6, 6.07) is 71.0. The van der Waals surface area contributed by atoms with Gasteiger partial charge in [-0.1, -0.05) is 164 Å². The van der Waals surface area contributed by atoms with E-state index in [0.717, 1.165) is 0 Å². The summed E-state index contributed by atoms with van der Waals surface area (Å²) in [6.07, 6.45) is 0. The van der Waals surface area contributed by atoms with Crippen LogP contribution in [-0.4, -0.2) is 4.57 Å². The van der Waals surface area contributed by atoms with Gasteiger partial charge in [-0.15, -0.1) is 0 Å². The number of aryl methyl sites for hydroxylation is 1. The molecule has 0 spiro atoms. The van der Waals surface area contributed by atoms with Gasteiger partial charge in [-0.2, -0.15) is 0 Å². The third-order valence-corrected chi connectivity index (χ3v) is 10.7. The Kier molecular flexibility index (Phi) is 7.11. The van der Waals surface area contributed by atoms with Crippen LogP contribution in [0.1, 0.15) is 5.56 Å². The van der Waals surface area contributed by atoms with Crippen LogP contribution in [0.3, 0.4) is 0 Å². The molecule has 1 heteroatoms. The minimum absolute atomic E-state index is 1.19. The van der Waals surface area contributed by atoms with Crippen LogP contribution in [0.4, 0.5) is 0 Å². The lowest BCUT2D eigenvalue weighted by Gasteiger charge is -2.18. The van der Waals surface area contributed by atoms with Gasteiger partial charge >= 0.3 is 0 Å². The van der Waals surface area contributed by atoms with Gasteiger partial charge in [0.15, 0.2) is 0 Å². The minimum Gasteiger partial charge on any atom is -0.309 e. The molecule has 244 valence electrons. The molecule has 0 bridgehead atoms. The fourth-order valence-corrected chi connectivity index (χ4v) is 8.24. The molecule has 0 atom stereocenters. The van der Waals surface area contributed by atoms with E-state index in [1.807, 2.05) is 0 Å². The van der Waals surface area contributed by atoms with E-state index in [2.05, 4.69) is 206 Å². The number of aromatic nitrogens is 1. The summed E-state index contributed by atoms with van der Waals surface area (Å²) in [6.45, 7) is 2.15. The number of benzene rings is 9. The smallest absolute Gasteiger partial charge is 0.0541 e. The zero-order valence-corrected chi connectivity index (χ0v) is 28.9. The Labute approximate surface area is 303 Å². The van der Waals surface area contributed by atoms with Gasteiger partial charge in [-0.3, -0.25) is 0 Å². The van der Waals surface area contributed by atoms with Crippen LogP contribution in [0.5, 0.6) is 0 Å². The van der Waals surface area contributed by atoms with Crippen molar-refractivity contribution in [2.24, 2.45) is 0 Å². The Morgan fingerprint density at radius 2 is 0.731 bits per heavy atom. The van der Waals surface area contributed by atoms with Crippen LogP contribution in [0.2, 0.25) is 0 Å². The minimum atomic E-state index is 1.19. The van der Waals surface area contributed by atoms with Gasteiger partial charge in [0.25, 0.3) is 0 Å². The molecule has 1 heterocycles. The maximum atomic E-state index is 2.39. The molecule has 0 aliphatic rings. The molecule has 0 aliphatic heterocycles. The molecule has 0 saturated heterocycles. The van der Waals surface area contributed by atoms with E-state index in [-0.39, 0.29) is 0 Å². The van der Waals surface area contributed by atoms with Crippen molar-refractivity contribution in [2.45, 2.75) is 6.92 Å². The molecule has 1 nitrogen and oxygen atoms in total. The van der Waals surface area contributed by atoms with Crippen LogP contribution in [-0.2, 0) is 0 Å². The molecule has 0 saturated carbocycles. The van der Waals surface area contributed by atoms with E-state index in [1.54, 1.807) is 0 Å². The summed E-state index contributed by atoms with van der Waals surface area (Å²) in [5.41, 5.74) is 14.8. The Morgan fingerprint density at radius 1 is 0.288 bits per heavy atom. The first kappa shape index (κ1) is 30.2. The lowest BCUT2D eigenvalue weighted by atomic mass is 9.86. The first-order valence-electron chi connectivity index (χ1n) is 18.0. The van der Waals surface area contributed by atoms with Crippen molar-refractivity contribution in [2.75, 3.05) is 0 Å². The van der Waals surface area contributed by atoms with Gasteiger partial charge in [0.2, 0.25) is 0 Å². The highest BCUT2D eigenvalue weighted by Gasteiger charge is 2.17. The molecule has 0 amide bonds. The third kappa shape index (κ3) is 4.93. The SMILES string of the molecule is Cc1cccc(-n2c3ccccc3c3cc(-c4ccc(-c5ccc(-c6c7ccccc7c(-c7ccccc7)c7ccccc67)cc5)cc4)ccc32)c1. The highest BCUT2D eigenvalue weighted by Crippen LogP contribution is 2.44. The van der Waals surface area contributed by atoms with Crippen molar-refractivity contribution < 1.29 is 0 Å². The number of hydrogen-bond donors (Lipinski definition) is 0. The first-order chi connectivity index (χ1) is 25.7. The van der Waals surface area contributed by atoms with Crippen molar-refractivity contribution in [1.29, 1.82) is 0 Å². The summed E-state index contributed by atoms with van der Waals surface area (Å²) < 4.78 is 2.39. The molecule has 10 rings (SSSR count). The van der Waals surface area contributed by atoms with Crippen molar-refractivity contribution in [1.82, 2.24) is 4.57 Å². The molecule has 0 radical (unpaired) electrons. The molecular formula is C51H35N. The van der Waals surface area contributed by atoms with E-state index in [9.17, 15) is 0 Å². The molecule has 10 aromatic rings. The number of nitrogens with zero attached hydrogens (tertiary/aromatic N) is 1. The number of rotatable bonds is 5. The monoisotopic (exact) mass is 661 g/mol. The van der Waals surface area contributed by atoms with Crippen LogP contribution in [0.15, 0.2) is 194 Å². The van der Waals surface area contributed by atoms with E-state index >= 15 is 0 Å². The van der Waals surface area contributed by atoms with Crippen LogP contribution < -0.4 is 0 Å². The quantitative estimate of drug-likeness (QED) is 0.162. The Bertz CT molecular complexity index is 2870. The van der Waals surface area contributed by atoms with Gasteiger partial charge in [0.05, 0.1) is 11.0 Å². The number of hydrogen-bond acceptors (Lipinski definition) is 0. The summed E-state index contributed by atoms with van der Waals surface area (Å²) in [7, 11) is 0. The fraction of sp³-hybridized carbons (Fsp3) is 0.0196. The van der Waals surface area contributed by atoms with E-state index in [1.165, 1.54) is 99.1 Å². The Morgan fingerprint density at radius 3 is 1.31 bits per heavy atom. The van der Waals surface area contributed by atoms with Crippen LogP contribution >= 0.6 is 0 Å². The maximum absolute atomic E-state index is 2.39. The molecule has 0 aliphatic carbocycles. The van der Waals surface area contributed by atoms with Crippen molar-refractivity contribution in [3.8, 4) is 50.2 Å². The van der Waals surface area contributed by atoms with Crippen LogP contribution in [0.25, 0.3) is 93.5 Å². The zero-order valence-electron chi connectivity index (χ0n) is 28.9. The normalized spacial score (nSPS) is 11.6. The average Bonchev–Trinajstić information content (AvgIpc) is 3.54. The molecule has 9 aromatic carbocycles. The van der Waals surface area contributed by atoms with Gasteiger partial charge in [0.1, 0.15) is 0 Å². The maximum Gasteiger partial charge on any atom is 0.0541 e. The third-order valence-electron chi connectivity index (χ3n) is 10.7. The van der Waals surface area contributed by atoms with Crippen molar-refractivity contribution in [3.63, 3.8) is 0 Å². The lowest BCUT2D eigenvalue weighted by Crippen LogP contribution is -1.94. The van der Waals surface area contributed by atoms with Crippen LogP contribution in [0, 0.1) is 6.92 Å². The second-order valence-electron chi connectivity index (χ2n) is 13.8. The number of fused-ring (bicyclic) bond motifs is 5. The number of para-hydroxylation sites is 1. The van der Waals surface area contributed by atoms with Crippen molar-refractivity contribution in [3.05, 3.63) is 200 Å². The zero-order chi connectivity index (χ0) is 34.6. The van der Waals surface area contributed by atoms with Gasteiger partial charge in [-0.05, 0) is 109 Å². The largest absolute Gasteiger partial charge is 0.309 e. The predicted octanol–water partition coefficient (Wildman–Crippen LogP) is 14.1. The first-order valence-corrected chi connectivity index (χ1v) is 18.0. The van der Waals surface area contributed by atoms with E-state index in [0.29, 0.717) is 0 Å². The molecule has 1 aromatic heterocycles. The highest BCUT2D eigenvalue weighted by atomic mass is 15.0. The van der Waals surface area contributed by atoms with Gasteiger partial charge in [-0.25, -0.2) is 0 Å². The topological polar surface area (TPSA) is 4.93 Å². The Balaban J connectivity index is 1.01. The summed E-state index contributed by atoms with van der Waals surface area (Å²) in [5, 5.41) is 7.64. The highest BCUT2D eigenvalue weighted by molar-refractivity contribution is 6.21. The fourth-order valence-electron chi connectivity index (χ4n) is 8.24. The summed E-state index contributed by atoms with van der Waals surface area (Å²) >= 11 is 0. The predicted molar refractivity (Wildman–Crippen MR) is 222 cm³/mol. The molecular weight excluding hydrogens is 627 g/mol. The summed E-state index contributed by atoms with van der Waals surface area (Å²) in [5.74, 6) is 0. The lowest BCUT2D eigenvalue weighted by molar-refractivity contribution is 1.17. The standard InChI is InChI=1S/C51H35N/c1-34-12-11-15-41(32-34)52-48-21-10-9-16-42(48)47-33-40(30-31-49(47)52)37-24-22-35(23-25-37)36-26-28-39(29-27-36)51-45-19-7-5-17-43(45)50(38-13-3-2-4-14-38)44-18-6-8-20-46(44)51/h2-33H,1H3. The molecule has 0 fully saturated rings. The molecule has 0 unspecified atom stereocenters.